The van der Waals surface area contributed by atoms with Crippen LogP contribution in [0, 0.1) is 17.2 Å². The van der Waals surface area contributed by atoms with Gasteiger partial charge in [-0.1, -0.05) is 12.1 Å². The molecular weight excluding hydrogens is 308 g/mol. The van der Waals surface area contributed by atoms with E-state index in [1.54, 1.807) is 37.4 Å². The molecule has 2 rings (SSSR count). The molecule has 0 unspecified atom stereocenters. The van der Waals surface area contributed by atoms with Crippen molar-refractivity contribution in [3.05, 3.63) is 35.4 Å². The van der Waals surface area contributed by atoms with Gasteiger partial charge in [0.15, 0.2) is 6.61 Å². The van der Waals surface area contributed by atoms with E-state index in [0.29, 0.717) is 17.2 Å². The monoisotopic (exact) mass is 328 g/mol. The molecule has 0 saturated heterocycles. The zero-order valence-electron chi connectivity index (χ0n) is 13.7. The number of rotatable bonds is 7. The van der Waals surface area contributed by atoms with E-state index in [4.69, 9.17) is 14.7 Å². The summed E-state index contributed by atoms with van der Waals surface area (Å²) in [5, 5.41) is 11.9. The Balaban J connectivity index is 1.89. The first-order valence-electron chi connectivity index (χ1n) is 7.76. The van der Waals surface area contributed by atoms with Gasteiger partial charge in [-0.3, -0.25) is 4.79 Å². The Morgan fingerprint density at radius 2 is 2.04 bits per heavy atom. The van der Waals surface area contributed by atoms with Gasteiger partial charge >= 0.3 is 5.97 Å². The van der Waals surface area contributed by atoms with Crippen LogP contribution >= 0.6 is 0 Å². The summed E-state index contributed by atoms with van der Waals surface area (Å²) in [5.41, 5.74) is 0.499. The number of nitrogens with one attached hydrogen (secondary N) is 1. The summed E-state index contributed by atoms with van der Waals surface area (Å²) in [6.45, 7) is 1.54. The van der Waals surface area contributed by atoms with Gasteiger partial charge in [0.1, 0.15) is 17.4 Å². The van der Waals surface area contributed by atoms with Gasteiger partial charge in [0.05, 0.1) is 7.11 Å². The first kappa shape index (κ1) is 17.5. The molecule has 0 heterocycles. The number of carbonyl (C=O) groups excluding carboxylic acids is 2. The van der Waals surface area contributed by atoms with Crippen molar-refractivity contribution in [2.24, 2.45) is 5.92 Å². The molecule has 1 N–H and O–H groups in total. The number of benzene rings is 1. The lowest BCUT2D eigenvalue weighted by molar-refractivity contribution is -0.144. The summed E-state index contributed by atoms with van der Waals surface area (Å²) >= 11 is 0. The first-order valence-corrected chi connectivity index (χ1v) is 7.76. The smallest absolute Gasteiger partial charge is 0.349 e. The average molecular weight is 328 g/mol. The quantitative estimate of drug-likeness (QED) is 0.470. The molecule has 6 heteroatoms. The molecule has 1 aromatic carbocycles. The van der Waals surface area contributed by atoms with Gasteiger partial charge in [0.2, 0.25) is 0 Å². The van der Waals surface area contributed by atoms with E-state index in [1.807, 2.05) is 6.92 Å². The van der Waals surface area contributed by atoms with Crippen LogP contribution < -0.4 is 10.1 Å². The van der Waals surface area contributed by atoms with Crippen molar-refractivity contribution in [3.63, 3.8) is 0 Å². The maximum Gasteiger partial charge on any atom is 0.349 e. The van der Waals surface area contributed by atoms with Crippen LogP contribution in [0.2, 0.25) is 0 Å². The number of methoxy groups -OCH3 is 1. The van der Waals surface area contributed by atoms with Crippen LogP contribution in [0.15, 0.2) is 29.8 Å². The number of ether oxygens (including phenoxy) is 2. The van der Waals surface area contributed by atoms with Crippen molar-refractivity contribution in [3.8, 4) is 11.8 Å². The summed E-state index contributed by atoms with van der Waals surface area (Å²) in [6.07, 6.45) is 3.64. The van der Waals surface area contributed by atoms with Crippen LogP contribution in [0.1, 0.15) is 25.3 Å². The maximum absolute atomic E-state index is 11.9. The molecule has 0 aliphatic heterocycles. The minimum Gasteiger partial charge on any atom is -0.497 e. The third-order valence-electron chi connectivity index (χ3n) is 3.82. The van der Waals surface area contributed by atoms with Crippen molar-refractivity contribution in [2.45, 2.75) is 25.8 Å². The fourth-order valence-corrected chi connectivity index (χ4v) is 2.22. The van der Waals surface area contributed by atoms with Crippen LogP contribution in [-0.2, 0) is 14.3 Å². The highest BCUT2D eigenvalue weighted by Crippen LogP contribution is 2.32. The molecule has 0 aromatic heterocycles. The Hall–Kier alpha value is -2.81. The van der Waals surface area contributed by atoms with E-state index in [1.165, 1.54) is 6.08 Å². The molecule has 1 atom stereocenters. The Morgan fingerprint density at radius 3 is 2.58 bits per heavy atom. The molecule has 6 nitrogen and oxygen atoms in total. The minimum absolute atomic E-state index is 0.0847. The predicted molar refractivity (Wildman–Crippen MR) is 87.9 cm³/mol. The summed E-state index contributed by atoms with van der Waals surface area (Å²) < 4.78 is 9.95. The van der Waals surface area contributed by atoms with Crippen molar-refractivity contribution in [2.75, 3.05) is 13.7 Å². The van der Waals surface area contributed by atoms with E-state index in [2.05, 4.69) is 5.32 Å². The molecular formula is C18H20N2O4. The molecule has 0 spiro atoms. The van der Waals surface area contributed by atoms with Gasteiger partial charge in [-0.2, -0.15) is 5.26 Å². The number of nitriles is 1. The summed E-state index contributed by atoms with van der Waals surface area (Å²) in [6, 6.07) is 8.75. The summed E-state index contributed by atoms with van der Waals surface area (Å²) in [5.74, 6) is 0.0241. The standard InChI is InChI=1S/C18H20N2O4/c1-12(14-5-6-14)20-17(21)11-24-18(22)15(10-19)9-13-3-7-16(23-2)8-4-13/h3-4,7-9,12,14H,5-6,11H2,1-2H3,(H,20,21)/b15-9+/t12-/m1/s1. The number of esters is 1. The van der Waals surface area contributed by atoms with Crippen LogP contribution in [0.5, 0.6) is 5.75 Å². The third kappa shape index (κ3) is 5.13. The average Bonchev–Trinajstić information content (AvgIpc) is 3.43. The molecule has 1 aliphatic rings. The normalized spacial score (nSPS) is 15.1. The highest BCUT2D eigenvalue weighted by Gasteiger charge is 2.29. The zero-order chi connectivity index (χ0) is 17.5. The molecule has 1 aliphatic carbocycles. The van der Waals surface area contributed by atoms with Gasteiger partial charge in [-0.15, -0.1) is 0 Å². The Morgan fingerprint density at radius 1 is 1.38 bits per heavy atom. The van der Waals surface area contributed by atoms with Crippen molar-refractivity contribution in [1.82, 2.24) is 5.32 Å². The van der Waals surface area contributed by atoms with Gasteiger partial charge in [0, 0.05) is 6.04 Å². The number of hydrogen-bond acceptors (Lipinski definition) is 5. The topological polar surface area (TPSA) is 88.4 Å². The molecule has 1 amide bonds. The van der Waals surface area contributed by atoms with E-state index >= 15 is 0 Å². The molecule has 0 radical (unpaired) electrons. The largest absolute Gasteiger partial charge is 0.497 e. The van der Waals surface area contributed by atoms with Crippen molar-refractivity contribution in [1.29, 1.82) is 5.26 Å². The number of hydrogen-bond donors (Lipinski definition) is 1. The Labute approximate surface area is 141 Å². The lowest BCUT2D eigenvalue weighted by Crippen LogP contribution is -2.37. The SMILES string of the molecule is COc1ccc(/C=C(\C#N)C(=O)OCC(=O)N[C@H](C)C2CC2)cc1. The highest BCUT2D eigenvalue weighted by molar-refractivity contribution is 5.98. The second-order valence-electron chi connectivity index (χ2n) is 5.71. The van der Waals surface area contributed by atoms with Crippen molar-refractivity contribution < 1.29 is 19.1 Å². The van der Waals surface area contributed by atoms with Gasteiger partial charge in [-0.25, -0.2) is 4.79 Å². The number of nitrogens with zero attached hydrogens (tertiary/aromatic N) is 1. The minimum atomic E-state index is -0.817. The second-order valence-corrected chi connectivity index (χ2v) is 5.71. The van der Waals surface area contributed by atoms with Gasteiger partial charge in [-0.05, 0) is 49.5 Å². The third-order valence-corrected chi connectivity index (χ3v) is 3.82. The highest BCUT2D eigenvalue weighted by atomic mass is 16.5. The fraction of sp³-hybridized carbons (Fsp3) is 0.389. The lowest BCUT2D eigenvalue weighted by Gasteiger charge is -2.12. The molecule has 1 saturated carbocycles. The van der Waals surface area contributed by atoms with E-state index < -0.39 is 12.6 Å². The van der Waals surface area contributed by atoms with Crippen LogP contribution in [0.4, 0.5) is 0 Å². The van der Waals surface area contributed by atoms with Crippen LogP contribution in [-0.4, -0.2) is 31.6 Å². The summed E-state index contributed by atoms with van der Waals surface area (Å²) in [7, 11) is 1.55. The molecule has 126 valence electrons. The predicted octanol–water partition coefficient (Wildman–Crippen LogP) is 2.06. The van der Waals surface area contributed by atoms with E-state index in [0.717, 1.165) is 12.8 Å². The number of amides is 1. The van der Waals surface area contributed by atoms with Gasteiger partial charge in [0.25, 0.3) is 5.91 Å². The molecule has 1 fully saturated rings. The van der Waals surface area contributed by atoms with E-state index in [-0.39, 0.29) is 17.5 Å². The molecule has 1 aromatic rings. The fourth-order valence-electron chi connectivity index (χ4n) is 2.22. The number of carbonyl (C=O) groups is 2. The van der Waals surface area contributed by atoms with E-state index in [9.17, 15) is 9.59 Å². The maximum atomic E-state index is 11.9. The van der Waals surface area contributed by atoms with Crippen molar-refractivity contribution >= 4 is 18.0 Å². The molecule has 0 bridgehead atoms. The summed E-state index contributed by atoms with van der Waals surface area (Å²) in [4.78, 5) is 23.6. The second kappa shape index (κ2) is 8.16. The Bertz CT molecular complexity index is 669. The van der Waals surface area contributed by atoms with Gasteiger partial charge < -0.3 is 14.8 Å². The van der Waals surface area contributed by atoms with Crippen LogP contribution in [0.3, 0.4) is 0 Å². The first-order chi connectivity index (χ1) is 11.5. The zero-order valence-corrected chi connectivity index (χ0v) is 13.7. The Kier molecular flexibility index (Phi) is 5.96. The molecule has 24 heavy (non-hydrogen) atoms. The van der Waals surface area contributed by atoms with Crippen LogP contribution in [0.25, 0.3) is 6.08 Å². The lowest BCUT2D eigenvalue weighted by atomic mass is 10.1.